The van der Waals surface area contributed by atoms with Gasteiger partial charge in [-0.25, -0.2) is 0 Å². The molecule has 4 rings (SSSR count). The Morgan fingerprint density at radius 1 is 0.973 bits per heavy atom. The van der Waals surface area contributed by atoms with Gasteiger partial charge in [-0.1, -0.05) is 45.6 Å². The third-order valence-electron chi connectivity index (χ3n) is 7.43. The van der Waals surface area contributed by atoms with Gasteiger partial charge in [0, 0.05) is 23.7 Å². The number of carbonyl (C=O) groups excluding carboxylic acids is 3. The number of rotatable bonds is 3. The Bertz CT molecular complexity index is 1150. The molecular formula is C26H28F6N2O3. The number of halogens is 6. The van der Waals surface area contributed by atoms with E-state index >= 15 is 0 Å². The van der Waals surface area contributed by atoms with E-state index in [-0.39, 0.29) is 18.5 Å². The highest BCUT2D eigenvalue weighted by atomic mass is 19.4. The average Bonchev–Trinajstić information content (AvgIpc) is 2.93. The first-order valence-corrected chi connectivity index (χ1v) is 12.3. The van der Waals surface area contributed by atoms with Crippen molar-refractivity contribution >= 4 is 17.6 Å². The van der Waals surface area contributed by atoms with Crippen LogP contribution in [0.4, 0.5) is 26.3 Å². The van der Waals surface area contributed by atoms with E-state index in [1.165, 1.54) is 0 Å². The van der Waals surface area contributed by atoms with Crippen LogP contribution in [0.1, 0.15) is 81.1 Å². The van der Waals surface area contributed by atoms with Crippen LogP contribution in [0, 0.1) is 5.41 Å². The summed E-state index contributed by atoms with van der Waals surface area (Å²) in [6.45, 7) is 3.44. The fourth-order valence-electron chi connectivity index (χ4n) is 5.76. The first-order valence-electron chi connectivity index (χ1n) is 12.3. The largest absolute Gasteiger partial charge is 0.425 e. The van der Waals surface area contributed by atoms with Crippen LogP contribution in [-0.2, 0) is 15.8 Å². The number of ketones is 1. The Morgan fingerprint density at radius 3 is 2.16 bits per heavy atom. The standard InChI is InChI=1S/C26H28F6N2O3/c1-23(2)13-18-20(19(35)14-23)24(26(30,31)32,22(37)34(18)17-10-5-3-4-6-11-17)33-21(36)15-8-7-9-16(12-15)25(27,28)29/h7-9,12,17H,3-6,10-11,13-14H2,1-2H3,(H,33,36)/t24-/m1/s1. The Hall–Kier alpha value is -2.85. The van der Waals surface area contributed by atoms with Gasteiger partial charge in [0.1, 0.15) is 0 Å². The van der Waals surface area contributed by atoms with Crippen LogP contribution in [0.5, 0.6) is 0 Å². The second kappa shape index (κ2) is 9.16. The van der Waals surface area contributed by atoms with E-state index in [1.807, 2.05) is 0 Å². The number of nitrogens with one attached hydrogen (secondary N) is 1. The highest BCUT2D eigenvalue weighted by Gasteiger charge is 2.72. The van der Waals surface area contributed by atoms with Gasteiger partial charge in [0.25, 0.3) is 11.8 Å². The maximum Gasteiger partial charge on any atom is 0.425 e. The lowest BCUT2D eigenvalue weighted by molar-refractivity contribution is -0.191. The van der Waals surface area contributed by atoms with Gasteiger partial charge >= 0.3 is 12.4 Å². The van der Waals surface area contributed by atoms with E-state index < -0.39 is 63.6 Å². The van der Waals surface area contributed by atoms with Crippen LogP contribution in [0.25, 0.3) is 0 Å². The molecule has 1 aromatic carbocycles. The Kier molecular flexibility index (Phi) is 6.73. The monoisotopic (exact) mass is 530 g/mol. The van der Waals surface area contributed by atoms with E-state index in [9.17, 15) is 40.7 Å². The van der Waals surface area contributed by atoms with Gasteiger partial charge in [-0.2, -0.15) is 26.3 Å². The predicted octanol–water partition coefficient (Wildman–Crippen LogP) is 5.94. The molecule has 0 spiro atoms. The Morgan fingerprint density at radius 2 is 1.59 bits per heavy atom. The van der Waals surface area contributed by atoms with Crippen molar-refractivity contribution in [3.63, 3.8) is 0 Å². The fourth-order valence-corrected chi connectivity index (χ4v) is 5.76. The molecule has 0 radical (unpaired) electrons. The molecule has 1 atom stereocenters. The molecule has 0 aromatic heterocycles. The zero-order valence-corrected chi connectivity index (χ0v) is 20.5. The van der Waals surface area contributed by atoms with Crippen molar-refractivity contribution in [2.75, 3.05) is 0 Å². The van der Waals surface area contributed by atoms with Gasteiger partial charge in [0.2, 0.25) is 5.54 Å². The number of nitrogens with zero attached hydrogens (tertiary/aromatic N) is 1. The van der Waals surface area contributed by atoms with Crippen molar-refractivity contribution in [3.8, 4) is 0 Å². The highest BCUT2D eigenvalue weighted by Crippen LogP contribution is 2.53. The van der Waals surface area contributed by atoms with E-state index in [1.54, 1.807) is 19.2 Å². The van der Waals surface area contributed by atoms with Gasteiger partial charge < -0.3 is 10.2 Å². The SMILES string of the molecule is CC1(C)CC(=O)C2=C(C1)N(C1CCCCCC1)C(=O)[C@@]2(NC(=O)c1cccc(C(F)(F)F)c1)C(F)(F)F. The summed E-state index contributed by atoms with van der Waals surface area (Å²) < 4.78 is 84.3. The van der Waals surface area contributed by atoms with Gasteiger partial charge in [-0.15, -0.1) is 0 Å². The van der Waals surface area contributed by atoms with Crippen molar-refractivity contribution in [1.29, 1.82) is 0 Å². The smallest absolute Gasteiger partial charge is 0.326 e. The number of carbonyl (C=O) groups is 3. The minimum absolute atomic E-state index is 0.0214. The van der Waals surface area contributed by atoms with Gasteiger partial charge in [-0.3, -0.25) is 14.4 Å². The molecule has 2 aliphatic carbocycles. The number of benzene rings is 1. The lowest BCUT2D eigenvalue weighted by Crippen LogP contribution is -2.66. The predicted molar refractivity (Wildman–Crippen MR) is 121 cm³/mol. The maximum atomic E-state index is 14.9. The molecule has 1 saturated carbocycles. The van der Waals surface area contributed by atoms with Gasteiger partial charge in [-0.05, 0) is 42.9 Å². The number of amides is 2. The minimum atomic E-state index is -5.42. The van der Waals surface area contributed by atoms with E-state index in [0.717, 1.165) is 29.9 Å². The third-order valence-corrected chi connectivity index (χ3v) is 7.43. The summed E-state index contributed by atoms with van der Waals surface area (Å²) in [6.07, 6.45) is -6.47. The molecule has 0 saturated heterocycles. The summed E-state index contributed by atoms with van der Waals surface area (Å²) in [7, 11) is 0. The zero-order chi connectivity index (χ0) is 27.4. The zero-order valence-electron chi connectivity index (χ0n) is 20.5. The van der Waals surface area contributed by atoms with Crippen molar-refractivity contribution in [1.82, 2.24) is 10.2 Å². The molecule has 37 heavy (non-hydrogen) atoms. The first-order chi connectivity index (χ1) is 17.1. The van der Waals surface area contributed by atoms with E-state index in [4.69, 9.17) is 0 Å². The van der Waals surface area contributed by atoms with Crippen LogP contribution in [0.3, 0.4) is 0 Å². The van der Waals surface area contributed by atoms with Gasteiger partial charge in [0.05, 0.1) is 11.1 Å². The second-order valence-electron chi connectivity index (χ2n) is 10.9. The first kappa shape index (κ1) is 27.2. The van der Waals surface area contributed by atoms with Crippen LogP contribution in [0.15, 0.2) is 35.5 Å². The quantitative estimate of drug-likeness (QED) is 0.388. The summed E-state index contributed by atoms with van der Waals surface area (Å²) in [5.41, 5.74) is -7.17. The summed E-state index contributed by atoms with van der Waals surface area (Å²) in [5, 5.41) is 1.72. The fraction of sp³-hybridized carbons (Fsp3) is 0.577. The molecule has 1 heterocycles. The average molecular weight is 531 g/mol. The van der Waals surface area contributed by atoms with Crippen LogP contribution >= 0.6 is 0 Å². The molecule has 0 bridgehead atoms. The van der Waals surface area contributed by atoms with Crippen molar-refractivity contribution in [2.45, 2.75) is 89.1 Å². The van der Waals surface area contributed by atoms with Crippen molar-refractivity contribution in [3.05, 3.63) is 46.7 Å². The second-order valence-corrected chi connectivity index (χ2v) is 10.9. The Labute approximate surface area is 210 Å². The number of alkyl halides is 6. The van der Waals surface area contributed by atoms with E-state index in [2.05, 4.69) is 0 Å². The summed E-state index contributed by atoms with van der Waals surface area (Å²) in [4.78, 5) is 41.2. The molecule has 1 aromatic rings. The number of allylic oxidation sites excluding steroid dienone is 1. The highest BCUT2D eigenvalue weighted by molar-refractivity contribution is 6.14. The third kappa shape index (κ3) is 4.77. The summed E-state index contributed by atoms with van der Waals surface area (Å²) in [6, 6.07) is 2.35. The van der Waals surface area contributed by atoms with E-state index in [0.29, 0.717) is 37.8 Å². The molecule has 1 aliphatic heterocycles. The lowest BCUT2D eigenvalue weighted by atomic mass is 9.72. The topological polar surface area (TPSA) is 66.5 Å². The number of hydrogen-bond acceptors (Lipinski definition) is 3. The number of Topliss-reactive ketones (excluding diaryl/α,β-unsaturated/α-hetero) is 1. The lowest BCUT2D eigenvalue weighted by Gasteiger charge is -2.36. The molecule has 2 amide bonds. The minimum Gasteiger partial charge on any atom is -0.326 e. The van der Waals surface area contributed by atoms with Gasteiger partial charge in [0.15, 0.2) is 5.78 Å². The molecule has 0 unspecified atom stereocenters. The summed E-state index contributed by atoms with van der Waals surface area (Å²) >= 11 is 0. The number of hydrogen-bond donors (Lipinski definition) is 1. The maximum absolute atomic E-state index is 14.9. The van der Waals surface area contributed by atoms with Crippen molar-refractivity contribution in [2.24, 2.45) is 5.41 Å². The van der Waals surface area contributed by atoms with Crippen molar-refractivity contribution < 1.29 is 40.7 Å². The molecule has 1 N–H and O–H groups in total. The molecule has 1 fully saturated rings. The summed E-state index contributed by atoms with van der Waals surface area (Å²) in [5.74, 6) is -3.90. The normalized spacial score (nSPS) is 25.2. The molecule has 11 heteroatoms. The molecule has 202 valence electrons. The van der Waals surface area contributed by atoms with Crippen LogP contribution in [-0.4, -0.2) is 40.3 Å². The van der Waals surface area contributed by atoms with Crippen LogP contribution < -0.4 is 5.32 Å². The molecule has 3 aliphatic rings. The Balaban J connectivity index is 1.86. The molecular weight excluding hydrogens is 502 g/mol. The molecule has 5 nitrogen and oxygen atoms in total. The van der Waals surface area contributed by atoms with Crippen LogP contribution in [0.2, 0.25) is 0 Å².